The van der Waals surface area contributed by atoms with Crippen LogP contribution in [-0.4, -0.2) is 49.3 Å². The van der Waals surface area contributed by atoms with Gasteiger partial charge in [-0.25, -0.2) is 18.2 Å². The van der Waals surface area contributed by atoms with Crippen molar-refractivity contribution in [3.63, 3.8) is 0 Å². The first kappa shape index (κ1) is 21.2. The number of aromatic nitrogens is 1. The van der Waals surface area contributed by atoms with Crippen molar-refractivity contribution in [2.24, 2.45) is 5.92 Å². The first-order chi connectivity index (χ1) is 13.3. The molecular formula is C16H18ClN3O5S3. The summed E-state index contributed by atoms with van der Waals surface area (Å²) in [5.41, 5.74) is 0.151. The van der Waals surface area contributed by atoms with Crippen LogP contribution in [0.5, 0.6) is 0 Å². The Morgan fingerprint density at radius 3 is 2.68 bits per heavy atom. The molecule has 8 nitrogen and oxygen atoms in total. The van der Waals surface area contributed by atoms with Crippen molar-refractivity contribution < 1.29 is 22.7 Å². The van der Waals surface area contributed by atoms with Crippen molar-refractivity contribution in [2.45, 2.75) is 24.0 Å². The molecule has 0 spiro atoms. The van der Waals surface area contributed by atoms with Crippen LogP contribution in [0.2, 0.25) is 4.34 Å². The van der Waals surface area contributed by atoms with Gasteiger partial charge in [0.25, 0.3) is 10.0 Å². The zero-order chi connectivity index (χ0) is 20.3. The number of sulfonamides is 1. The Balaban J connectivity index is 1.56. The van der Waals surface area contributed by atoms with Crippen LogP contribution in [0.4, 0.5) is 5.13 Å². The molecule has 3 heterocycles. The van der Waals surface area contributed by atoms with E-state index in [1.807, 2.05) is 0 Å². The topological polar surface area (TPSA) is 106 Å². The predicted octanol–water partition coefficient (Wildman–Crippen LogP) is 3.07. The Morgan fingerprint density at radius 1 is 1.36 bits per heavy atom. The number of rotatable bonds is 6. The van der Waals surface area contributed by atoms with Crippen molar-refractivity contribution in [1.29, 1.82) is 0 Å². The van der Waals surface area contributed by atoms with Gasteiger partial charge < -0.3 is 10.1 Å². The van der Waals surface area contributed by atoms with Gasteiger partial charge in [-0.15, -0.1) is 22.7 Å². The van der Waals surface area contributed by atoms with Crippen LogP contribution in [0.25, 0.3) is 0 Å². The van der Waals surface area contributed by atoms with Crippen LogP contribution < -0.4 is 5.32 Å². The van der Waals surface area contributed by atoms with Gasteiger partial charge in [0, 0.05) is 24.4 Å². The van der Waals surface area contributed by atoms with Crippen LogP contribution >= 0.6 is 34.3 Å². The SMILES string of the molecule is CCOC(=O)c1csc(NC(=O)C2CCN(S(=O)(=O)c3ccc(Cl)s3)CC2)n1. The molecule has 28 heavy (non-hydrogen) atoms. The molecule has 0 atom stereocenters. The Hall–Kier alpha value is -1.53. The fourth-order valence-electron chi connectivity index (χ4n) is 2.76. The number of nitrogens with zero attached hydrogens (tertiary/aromatic N) is 2. The number of thiazole rings is 1. The van der Waals surface area contributed by atoms with E-state index in [0.717, 1.165) is 22.7 Å². The van der Waals surface area contributed by atoms with Crippen molar-refractivity contribution >= 4 is 61.3 Å². The molecule has 0 bridgehead atoms. The molecule has 1 aliphatic heterocycles. The van der Waals surface area contributed by atoms with Crippen molar-refractivity contribution in [2.75, 3.05) is 25.0 Å². The summed E-state index contributed by atoms with van der Waals surface area (Å²) in [6, 6.07) is 3.04. The van der Waals surface area contributed by atoms with E-state index >= 15 is 0 Å². The molecule has 0 aliphatic carbocycles. The fraction of sp³-hybridized carbons (Fsp3) is 0.438. The van der Waals surface area contributed by atoms with Crippen LogP contribution in [0.3, 0.4) is 0 Å². The van der Waals surface area contributed by atoms with Crippen LogP contribution in [0, 0.1) is 5.92 Å². The number of thiophene rings is 1. The monoisotopic (exact) mass is 463 g/mol. The zero-order valence-electron chi connectivity index (χ0n) is 14.9. The predicted molar refractivity (Wildman–Crippen MR) is 108 cm³/mol. The van der Waals surface area contributed by atoms with Gasteiger partial charge in [0.05, 0.1) is 10.9 Å². The van der Waals surface area contributed by atoms with Crippen molar-refractivity contribution in [3.8, 4) is 0 Å². The van der Waals surface area contributed by atoms with Gasteiger partial charge in [-0.1, -0.05) is 11.6 Å². The van der Waals surface area contributed by atoms with E-state index < -0.39 is 16.0 Å². The van der Waals surface area contributed by atoms with E-state index in [1.54, 1.807) is 13.0 Å². The molecule has 1 aliphatic rings. The lowest BCUT2D eigenvalue weighted by Gasteiger charge is -2.29. The number of esters is 1. The first-order valence-electron chi connectivity index (χ1n) is 8.50. The number of carbonyl (C=O) groups excluding carboxylic acids is 2. The highest BCUT2D eigenvalue weighted by atomic mass is 35.5. The number of nitrogens with one attached hydrogen (secondary N) is 1. The van der Waals surface area contributed by atoms with E-state index in [-0.39, 0.29) is 41.4 Å². The molecule has 0 radical (unpaired) electrons. The maximum atomic E-state index is 12.6. The quantitative estimate of drug-likeness (QED) is 0.660. The molecule has 1 amide bonds. The van der Waals surface area contributed by atoms with Crippen LogP contribution in [0.15, 0.2) is 21.7 Å². The second kappa shape index (κ2) is 8.87. The largest absolute Gasteiger partial charge is 0.461 e. The third-order valence-corrected chi connectivity index (χ3v) is 8.54. The second-order valence-corrected chi connectivity index (χ2v) is 10.7. The molecule has 2 aromatic heterocycles. The molecule has 3 rings (SSSR count). The van der Waals surface area contributed by atoms with E-state index in [0.29, 0.717) is 22.3 Å². The number of hydrogen-bond donors (Lipinski definition) is 1. The minimum Gasteiger partial charge on any atom is -0.461 e. The fourth-order valence-corrected chi connectivity index (χ4v) is 6.55. The van der Waals surface area contributed by atoms with E-state index in [2.05, 4.69) is 10.3 Å². The Bertz CT molecular complexity index is 964. The van der Waals surface area contributed by atoms with Crippen LogP contribution in [-0.2, 0) is 19.6 Å². The minimum atomic E-state index is -3.59. The van der Waals surface area contributed by atoms with Gasteiger partial charge in [-0.3, -0.25) is 4.79 Å². The van der Waals surface area contributed by atoms with Crippen molar-refractivity contribution in [3.05, 3.63) is 27.5 Å². The summed E-state index contributed by atoms with van der Waals surface area (Å²) in [6.07, 6.45) is 0.806. The lowest BCUT2D eigenvalue weighted by atomic mass is 9.97. The summed E-state index contributed by atoms with van der Waals surface area (Å²) in [6.45, 7) is 2.45. The normalized spacial score (nSPS) is 16.1. The van der Waals surface area contributed by atoms with Gasteiger partial charge >= 0.3 is 5.97 Å². The summed E-state index contributed by atoms with van der Waals surface area (Å²) in [7, 11) is -3.59. The molecule has 1 saturated heterocycles. The minimum absolute atomic E-state index is 0.151. The number of piperidine rings is 1. The number of ether oxygens (including phenoxy) is 1. The molecule has 1 N–H and O–H groups in total. The van der Waals surface area contributed by atoms with Gasteiger partial charge in [0.15, 0.2) is 10.8 Å². The Morgan fingerprint density at radius 2 is 2.07 bits per heavy atom. The third kappa shape index (κ3) is 4.71. The summed E-state index contributed by atoms with van der Waals surface area (Å²) >= 11 is 7.99. The summed E-state index contributed by atoms with van der Waals surface area (Å²) in [5, 5.41) is 4.53. The molecule has 12 heteroatoms. The van der Waals surface area contributed by atoms with Crippen LogP contribution in [0.1, 0.15) is 30.3 Å². The molecule has 2 aromatic rings. The Labute approximate surface area is 175 Å². The number of anilines is 1. The van der Waals surface area contributed by atoms with E-state index in [9.17, 15) is 18.0 Å². The molecule has 0 unspecified atom stereocenters. The molecular weight excluding hydrogens is 446 g/mol. The lowest BCUT2D eigenvalue weighted by Crippen LogP contribution is -2.41. The molecule has 1 fully saturated rings. The number of hydrogen-bond acceptors (Lipinski definition) is 8. The average molecular weight is 464 g/mol. The Kier molecular flexibility index (Phi) is 6.71. The number of halogens is 1. The smallest absolute Gasteiger partial charge is 0.357 e. The molecule has 0 saturated carbocycles. The highest BCUT2D eigenvalue weighted by molar-refractivity contribution is 7.91. The highest BCUT2D eigenvalue weighted by Gasteiger charge is 2.33. The first-order valence-corrected chi connectivity index (χ1v) is 12.0. The standard InChI is InChI=1S/C16H18ClN3O5S3/c1-2-25-15(22)11-9-26-16(18-11)19-14(21)10-5-7-20(8-6-10)28(23,24)13-4-3-12(17)27-13/h3-4,9-10H,2,5-8H2,1H3,(H,18,19,21). The molecule has 152 valence electrons. The van der Waals surface area contributed by atoms with Gasteiger partial charge in [0.1, 0.15) is 4.21 Å². The second-order valence-electron chi connectivity index (χ2n) is 5.98. The van der Waals surface area contributed by atoms with Gasteiger partial charge in [-0.05, 0) is 31.9 Å². The van der Waals surface area contributed by atoms with Gasteiger partial charge in [0.2, 0.25) is 5.91 Å². The average Bonchev–Trinajstić information content (AvgIpc) is 3.31. The van der Waals surface area contributed by atoms with Crippen molar-refractivity contribution in [1.82, 2.24) is 9.29 Å². The maximum Gasteiger partial charge on any atom is 0.357 e. The van der Waals surface area contributed by atoms with E-state index in [1.165, 1.54) is 15.8 Å². The van der Waals surface area contributed by atoms with Gasteiger partial charge in [-0.2, -0.15) is 4.31 Å². The summed E-state index contributed by atoms with van der Waals surface area (Å²) < 4.78 is 32.1. The van der Waals surface area contributed by atoms with E-state index in [4.69, 9.17) is 16.3 Å². The highest BCUT2D eigenvalue weighted by Crippen LogP contribution is 2.31. The summed E-state index contributed by atoms with van der Waals surface area (Å²) in [5.74, 6) is -1.10. The number of amides is 1. The zero-order valence-corrected chi connectivity index (χ0v) is 18.1. The number of carbonyl (C=O) groups is 2. The molecule has 0 aromatic carbocycles. The summed E-state index contributed by atoms with van der Waals surface area (Å²) in [4.78, 5) is 28.1. The maximum absolute atomic E-state index is 12.6. The lowest BCUT2D eigenvalue weighted by molar-refractivity contribution is -0.120. The third-order valence-electron chi connectivity index (χ3n) is 4.19.